The Kier molecular flexibility index (Phi) is 3.71. The van der Waals surface area contributed by atoms with Crippen molar-refractivity contribution in [3.8, 4) is 0 Å². The highest BCUT2D eigenvalue weighted by Gasteiger charge is 2.52. The van der Waals surface area contributed by atoms with E-state index in [4.69, 9.17) is 0 Å². The van der Waals surface area contributed by atoms with Crippen LogP contribution in [0.15, 0.2) is 30.3 Å². The monoisotopic (exact) mass is 246 g/mol. The van der Waals surface area contributed by atoms with Gasteiger partial charge in [0, 0.05) is 20.1 Å². The average Bonchev–Trinajstić information content (AvgIpc) is 3.17. The average molecular weight is 246 g/mol. The van der Waals surface area contributed by atoms with E-state index in [9.17, 15) is 4.79 Å². The minimum Gasteiger partial charge on any atom is -0.344 e. The van der Waals surface area contributed by atoms with Crippen molar-refractivity contribution in [3.05, 3.63) is 35.9 Å². The molecule has 0 N–H and O–H groups in total. The Bertz CT molecular complexity index is 410. The van der Waals surface area contributed by atoms with Crippen LogP contribution in [0, 0.1) is 0 Å². The van der Waals surface area contributed by atoms with Gasteiger partial charge in [0.15, 0.2) is 0 Å². The van der Waals surface area contributed by atoms with Crippen molar-refractivity contribution >= 4 is 5.91 Å². The summed E-state index contributed by atoms with van der Waals surface area (Å²) in [6.45, 7) is 1.70. The Morgan fingerprint density at radius 2 is 1.72 bits per heavy atom. The van der Waals surface area contributed by atoms with Crippen molar-refractivity contribution in [1.82, 2.24) is 9.80 Å². The molecule has 1 saturated carbocycles. The molecule has 0 aliphatic heterocycles. The number of hydrogen-bond acceptors (Lipinski definition) is 2. The van der Waals surface area contributed by atoms with E-state index in [0.717, 1.165) is 25.9 Å². The predicted octanol–water partition coefficient (Wildman–Crippen LogP) is 1.74. The molecule has 1 aliphatic carbocycles. The molecule has 0 saturated heterocycles. The maximum Gasteiger partial charge on any atom is 0.233 e. The summed E-state index contributed by atoms with van der Waals surface area (Å²) in [7, 11) is 5.97. The van der Waals surface area contributed by atoms with Gasteiger partial charge in [-0.05, 0) is 32.5 Å². The van der Waals surface area contributed by atoms with E-state index >= 15 is 0 Å². The van der Waals surface area contributed by atoms with E-state index in [-0.39, 0.29) is 11.3 Å². The van der Waals surface area contributed by atoms with E-state index in [1.165, 1.54) is 5.56 Å². The number of nitrogens with zero attached hydrogens (tertiary/aromatic N) is 2. The number of carbonyl (C=O) groups is 1. The molecule has 3 nitrogen and oxygen atoms in total. The van der Waals surface area contributed by atoms with E-state index < -0.39 is 0 Å². The lowest BCUT2D eigenvalue weighted by atomic mass is 9.94. The zero-order valence-electron chi connectivity index (χ0n) is 11.5. The highest BCUT2D eigenvalue weighted by Crippen LogP contribution is 2.49. The topological polar surface area (TPSA) is 23.6 Å². The first-order valence-electron chi connectivity index (χ1n) is 6.52. The molecule has 0 atom stereocenters. The first-order chi connectivity index (χ1) is 8.56. The molecule has 0 radical (unpaired) electrons. The first-order valence-corrected chi connectivity index (χ1v) is 6.52. The largest absolute Gasteiger partial charge is 0.344 e. The second-order valence-electron chi connectivity index (χ2n) is 5.48. The third-order valence-electron chi connectivity index (χ3n) is 3.72. The van der Waals surface area contributed by atoms with Crippen molar-refractivity contribution < 1.29 is 4.79 Å². The number of carbonyl (C=O) groups excluding carboxylic acids is 1. The summed E-state index contributed by atoms with van der Waals surface area (Å²) in [5, 5.41) is 0. The third-order valence-corrected chi connectivity index (χ3v) is 3.72. The van der Waals surface area contributed by atoms with Crippen LogP contribution >= 0.6 is 0 Å². The van der Waals surface area contributed by atoms with Gasteiger partial charge in [0.2, 0.25) is 5.91 Å². The number of amides is 1. The van der Waals surface area contributed by atoms with Gasteiger partial charge in [-0.2, -0.15) is 0 Å². The second kappa shape index (κ2) is 5.11. The Morgan fingerprint density at radius 3 is 2.22 bits per heavy atom. The summed E-state index contributed by atoms with van der Waals surface area (Å²) < 4.78 is 0. The van der Waals surface area contributed by atoms with Crippen LogP contribution in [0.1, 0.15) is 18.4 Å². The van der Waals surface area contributed by atoms with Gasteiger partial charge in [0.05, 0.1) is 5.41 Å². The molecule has 18 heavy (non-hydrogen) atoms. The summed E-state index contributed by atoms with van der Waals surface area (Å²) >= 11 is 0. The third kappa shape index (κ3) is 2.56. The quantitative estimate of drug-likeness (QED) is 0.790. The highest BCUT2D eigenvalue weighted by molar-refractivity contribution is 5.91. The minimum absolute atomic E-state index is 0.220. The van der Waals surface area contributed by atoms with Crippen LogP contribution in [0.5, 0.6) is 0 Å². The van der Waals surface area contributed by atoms with Crippen LogP contribution in [-0.2, 0) is 10.2 Å². The van der Waals surface area contributed by atoms with Gasteiger partial charge in [-0.15, -0.1) is 0 Å². The maximum absolute atomic E-state index is 12.5. The smallest absolute Gasteiger partial charge is 0.233 e. The van der Waals surface area contributed by atoms with Crippen LogP contribution in [0.3, 0.4) is 0 Å². The molecule has 1 fully saturated rings. The van der Waals surface area contributed by atoms with Gasteiger partial charge in [-0.1, -0.05) is 30.3 Å². The van der Waals surface area contributed by atoms with Gasteiger partial charge in [0.25, 0.3) is 0 Å². The lowest BCUT2D eigenvalue weighted by Gasteiger charge is -2.25. The lowest BCUT2D eigenvalue weighted by molar-refractivity contribution is -0.132. The fourth-order valence-corrected chi connectivity index (χ4v) is 2.33. The molecule has 0 bridgehead atoms. The van der Waals surface area contributed by atoms with Crippen molar-refractivity contribution in [2.24, 2.45) is 0 Å². The van der Waals surface area contributed by atoms with Crippen LogP contribution < -0.4 is 0 Å². The van der Waals surface area contributed by atoms with E-state index in [2.05, 4.69) is 17.0 Å². The molecule has 1 aromatic carbocycles. The fourth-order valence-electron chi connectivity index (χ4n) is 2.33. The molecule has 1 amide bonds. The van der Waals surface area contributed by atoms with Gasteiger partial charge in [-0.3, -0.25) is 4.79 Å². The standard InChI is InChI=1S/C15H22N2O/c1-16(2)11-12-17(3)14(18)15(9-10-15)13-7-5-4-6-8-13/h4-8H,9-12H2,1-3H3. The molecule has 0 spiro atoms. The molecule has 1 aliphatic rings. The van der Waals surface area contributed by atoms with Crippen LogP contribution in [0.4, 0.5) is 0 Å². The molecule has 3 heteroatoms. The van der Waals surface area contributed by atoms with Crippen molar-refractivity contribution in [3.63, 3.8) is 0 Å². The first kappa shape index (κ1) is 13.1. The SMILES string of the molecule is CN(C)CCN(C)C(=O)C1(c2ccccc2)CC1. The molecule has 0 aromatic heterocycles. The summed E-state index contributed by atoms with van der Waals surface area (Å²) in [6.07, 6.45) is 1.98. The van der Waals surface area contributed by atoms with Crippen LogP contribution in [0.2, 0.25) is 0 Å². The second-order valence-corrected chi connectivity index (χ2v) is 5.48. The Hall–Kier alpha value is -1.35. The van der Waals surface area contributed by atoms with Gasteiger partial charge in [0.1, 0.15) is 0 Å². The molecular weight excluding hydrogens is 224 g/mol. The van der Waals surface area contributed by atoms with Crippen LogP contribution in [-0.4, -0.2) is 49.9 Å². The number of rotatable bonds is 5. The summed E-state index contributed by atoms with van der Waals surface area (Å²) in [6, 6.07) is 10.2. The Labute approximate surface area is 109 Å². The van der Waals surface area contributed by atoms with E-state index in [1.54, 1.807) is 0 Å². The zero-order valence-corrected chi connectivity index (χ0v) is 11.5. The normalized spacial score (nSPS) is 16.7. The molecule has 2 rings (SSSR count). The van der Waals surface area contributed by atoms with Crippen molar-refractivity contribution in [2.75, 3.05) is 34.2 Å². The molecule has 0 heterocycles. The van der Waals surface area contributed by atoms with E-state index in [0.29, 0.717) is 0 Å². The summed E-state index contributed by atoms with van der Waals surface area (Å²) in [5.74, 6) is 0.274. The van der Waals surface area contributed by atoms with Gasteiger partial charge >= 0.3 is 0 Å². The highest BCUT2D eigenvalue weighted by atomic mass is 16.2. The number of likely N-dealkylation sites (N-methyl/N-ethyl adjacent to an activating group) is 2. The van der Waals surface area contributed by atoms with Gasteiger partial charge in [-0.25, -0.2) is 0 Å². The lowest BCUT2D eigenvalue weighted by Crippen LogP contribution is -2.40. The summed E-state index contributed by atoms with van der Waals surface area (Å²) in [4.78, 5) is 16.5. The summed E-state index contributed by atoms with van der Waals surface area (Å²) in [5.41, 5.74) is 0.953. The Balaban J connectivity index is 2.05. The maximum atomic E-state index is 12.5. The fraction of sp³-hybridized carbons (Fsp3) is 0.533. The Morgan fingerprint density at radius 1 is 1.11 bits per heavy atom. The number of hydrogen-bond donors (Lipinski definition) is 0. The van der Waals surface area contributed by atoms with Crippen molar-refractivity contribution in [1.29, 1.82) is 0 Å². The number of benzene rings is 1. The van der Waals surface area contributed by atoms with Gasteiger partial charge < -0.3 is 9.80 Å². The van der Waals surface area contributed by atoms with E-state index in [1.807, 2.05) is 44.2 Å². The minimum atomic E-state index is -0.220. The molecule has 0 unspecified atom stereocenters. The zero-order chi connectivity index (χ0) is 13.2. The molecular formula is C15H22N2O. The molecule has 1 aromatic rings. The van der Waals surface area contributed by atoms with Crippen LogP contribution in [0.25, 0.3) is 0 Å². The molecule has 98 valence electrons. The van der Waals surface area contributed by atoms with Crippen molar-refractivity contribution in [2.45, 2.75) is 18.3 Å². The predicted molar refractivity (Wildman–Crippen MR) is 73.5 cm³/mol.